The summed E-state index contributed by atoms with van der Waals surface area (Å²) < 4.78 is 6.09. The van der Waals surface area contributed by atoms with Gasteiger partial charge in [0.15, 0.2) is 4.67 Å². The zero-order chi connectivity index (χ0) is 9.84. The maximum Gasteiger partial charge on any atom is 0.169 e. The number of hydrogen-bond acceptors (Lipinski definition) is 3. The van der Waals surface area contributed by atoms with E-state index in [1.54, 1.807) is 0 Å². The van der Waals surface area contributed by atoms with Crippen molar-refractivity contribution in [2.45, 2.75) is 25.9 Å². The molecule has 1 heterocycles. The van der Waals surface area contributed by atoms with Gasteiger partial charge in [-0.2, -0.15) is 0 Å². The van der Waals surface area contributed by atoms with Crippen molar-refractivity contribution in [3.63, 3.8) is 0 Å². The number of furan rings is 1. The summed E-state index contributed by atoms with van der Waals surface area (Å²) in [4.78, 5) is 0. The molecule has 1 rings (SSSR count). The number of nitrogens with one attached hydrogen (secondary N) is 1. The summed E-state index contributed by atoms with van der Waals surface area (Å²) in [6.45, 7) is 4.05. The molecule has 0 amide bonds. The Labute approximate surface area is 86.3 Å². The molecule has 2 atom stereocenters. The molecule has 0 aliphatic carbocycles. The maximum atomic E-state index is 8.83. The van der Waals surface area contributed by atoms with Gasteiger partial charge in [-0.15, -0.1) is 0 Å². The lowest BCUT2D eigenvalue weighted by Crippen LogP contribution is -2.31. The van der Waals surface area contributed by atoms with Crippen LogP contribution in [0.25, 0.3) is 0 Å². The molecule has 13 heavy (non-hydrogen) atoms. The average molecular weight is 248 g/mol. The summed E-state index contributed by atoms with van der Waals surface area (Å²) in [7, 11) is 0. The summed E-state index contributed by atoms with van der Waals surface area (Å²) in [6, 6.07) is 3.97. The Kier molecular flexibility index (Phi) is 3.96. The van der Waals surface area contributed by atoms with Crippen LogP contribution in [0.3, 0.4) is 0 Å². The minimum Gasteiger partial charge on any atom is -0.453 e. The molecule has 1 unspecified atom stereocenters. The monoisotopic (exact) mass is 247 g/mol. The van der Waals surface area contributed by atoms with Crippen molar-refractivity contribution in [1.82, 2.24) is 5.32 Å². The molecule has 0 aliphatic rings. The topological polar surface area (TPSA) is 45.4 Å². The molecule has 3 nitrogen and oxygen atoms in total. The fraction of sp³-hybridized carbons (Fsp3) is 0.556. The summed E-state index contributed by atoms with van der Waals surface area (Å²) in [5.74, 6) is 0.868. The molecular formula is C9H14BrNO2. The molecule has 0 fully saturated rings. The first-order valence-electron chi connectivity index (χ1n) is 4.25. The van der Waals surface area contributed by atoms with Crippen molar-refractivity contribution in [2.24, 2.45) is 0 Å². The minimum atomic E-state index is 0.0823. The van der Waals surface area contributed by atoms with E-state index >= 15 is 0 Å². The summed E-state index contributed by atoms with van der Waals surface area (Å²) >= 11 is 3.24. The Balaban J connectivity index is 2.53. The highest BCUT2D eigenvalue weighted by Crippen LogP contribution is 2.20. The van der Waals surface area contributed by atoms with Crippen molar-refractivity contribution in [1.29, 1.82) is 0 Å². The summed E-state index contributed by atoms with van der Waals surface area (Å²) in [5.41, 5.74) is 0. The van der Waals surface area contributed by atoms with Crippen LogP contribution in [-0.4, -0.2) is 17.8 Å². The second-order valence-corrected chi connectivity index (χ2v) is 3.90. The minimum absolute atomic E-state index is 0.0823. The molecule has 0 aliphatic heterocycles. The largest absolute Gasteiger partial charge is 0.453 e. The predicted molar refractivity (Wildman–Crippen MR) is 54.5 cm³/mol. The molecule has 74 valence electrons. The van der Waals surface area contributed by atoms with E-state index in [2.05, 4.69) is 21.2 Å². The normalized spacial score (nSPS) is 15.7. The molecule has 0 aromatic carbocycles. The molecule has 0 saturated heterocycles. The van der Waals surface area contributed by atoms with E-state index in [0.717, 1.165) is 10.4 Å². The molecule has 0 bridgehead atoms. The van der Waals surface area contributed by atoms with E-state index in [0.29, 0.717) is 0 Å². The highest BCUT2D eigenvalue weighted by molar-refractivity contribution is 9.10. The van der Waals surface area contributed by atoms with Crippen LogP contribution in [0.1, 0.15) is 25.6 Å². The SMILES string of the molecule is CC(N[C@H](C)CO)c1ccc(Br)o1. The van der Waals surface area contributed by atoms with Crippen LogP contribution in [0.2, 0.25) is 0 Å². The van der Waals surface area contributed by atoms with Gasteiger partial charge in [0.2, 0.25) is 0 Å². The van der Waals surface area contributed by atoms with Crippen LogP contribution < -0.4 is 5.32 Å². The summed E-state index contributed by atoms with van der Waals surface area (Å²) in [5, 5.41) is 12.0. The second kappa shape index (κ2) is 4.79. The van der Waals surface area contributed by atoms with Gasteiger partial charge in [-0.3, -0.25) is 0 Å². The Morgan fingerprint density at radius 3 is 2.69 bits per heavy atom. The standard InChI is InChI=1S/C9H14BrNO2/c1-6(5-12)11-7(2)8-3-4-9(10)13-8/h3-4,6-7,11-12H,5H2,1-2H3/t6-,7?/m1/s1. The number of halogens is 1. The summed E-state index contributed by atoms with van der Waals surface area (Å²) in [6.07, 6.45) is 0. The highest BCUT2D eigenvalue weighted by atomic mass is 79.9. The van der Waals surface area contributed by atoms with Gasteiger partial charge in [0.25, 0.3) is 0 Å². The lowest BCUT2D eigenvalue weighted by Gasteiger charge is -2.15. The van der Waals surface area contributed by atoms with E-state index in [9.17, 15) is 0 Å². The molecule has 4 heteroatoms. The predicted octanol–water partition coefficient (Wildman–Crippen LogP) is 2.07. The van der Waals surface area contributed by atoms with E-state index in [4.69, 9.17) is 9.52 Å². The first kappa shape index (κ1) is 10.8. The molecule has 1 aromatic rings. The third-order valence-corrected chi connectivity index (χ3v) is 2.26. The molecule has 1 aromatic heterocycles. The van der Waals surface area contributed by atoms with Gasteiger partial charge in [-0.1, -0.05) is 0 Å². The molecule has 0 saturated carbocycles. The Bertz CT molecular complexity index is 262. The first-order valence-corrected chi connectivity index (χ1v) is 5.05. The van der Waals surface area contributed by atoms with Crippen molar-refractivity contribution < 1.29 is 9.52 Å². The van der Waals surface area contributed by atoms with E-state index in [1.807, 2.05) is 26.0 Å². The molecular weight excluding hydrogens is 234 g/mol. The van der Waals surface area contributed by atoms with Crippen molar-refractivity contribution in [3.8, 4) is 0 Å². The first-order chi connectivity index (χ1) is 6.13. The smallest absolute Gasteiger partial charge is 0.169 e. The molecule has 0 radical (unpaired) electrons. The lowest BCUT2D eigenvalue weighted by molar-refractivity contribution is 0.238. The van der Waals surface area contributed by atoms with Gasteiger partial charge in [0, 0.05) is 6.04 Å². The third kappa shape index (κ3) is 3.14. The fourth-order valence-corrected chi connectivity index (χ4v) is 1.44. The van der Waals surface area contributed by atoms with Crippen molar-refractivity contribution in [3.05, 3.63) is 22.6 Å². The van der Waals surface area contributed by atoms with Gasteiger partial charge in [0.1, 0.15) is 5.76 Å². The zero-order valence-electron chi connectivity index (χ0n) is 7.75. The quantitative estimate of drug-likeness (QED) is 0.857. The van der Waals surface area contributed by atoms with Gasteiger partial charge in [-0.25, -0.2) is 0 Å². The number of aliphatic hydroxyl groups is 1. The van der Waals surface area contributed by atoms with Crippen LogP contribution >= 0.6 is 15.9 Å². The Hall–Kier alpha value is -0.320. The highest BCUT2D eigenvalue weighted by Gasteiger charge is 2.11. The van der Waals surface area contributed by atoms with Gasteiger partial charge in [-0.05, 0) is 41.9 Å². The van der Waals surface area contributed by atoms with Crippen LogP contribution in [-0.2, 0) is 0 Å². The zero-order valence-corrected chi connectivity index (χ0v) is 9.34. The fourth-order valence-electron chi connectivity index (χ4n) is 1.12. The van der Waals surface area contributed by atoms with Crippen LogP contribution in [0, 0.1) is 0 Å². The Morgan fingerprint density at radius 1 is 1.54 bits per heavy atom. The van der Waals surface area contributed by atoms with E-state index in [-0.39, 0.29) is 18.7 Å². The van der Waals surface area contributed by atoms with Crippen molar-refractivity contribution in [2.75, 3.05) is 6.61 Å². The molecule has 2 N–H and O–H groups in total. The van der Waals surface area contributed by atoms with Gasteiger partial charge >= 0.3 is 0 Å². The number of hydrogen-bond donors (Lipinski definition) is 2. The average Bonchev–Trinajstić information content (AvgIpc) is 2.51. The number of rotatable bonds is 4. The van der Waals surface area contributed by atoms with Gasteiger partial charge in [0.05, 0.1) is 12.6 Å². The third-order valence-electron chi connectivity index (χ3n) is 1.83. The number of aliphatic hydroxyl groups excluding tert-OH is 1. The van der Waals surface area contributed by atoms with Gasteiger partial charge < -0.3 is 14.8 Å². The molecule has 0 spiro atoms. The van der Waals surface area contributed by atoms with E-state index in [1.165, 1.54) is 0 Å². The van der Waals surface area contributed by atoms with Crippen LogP contribution in [0.4, 0.5) is 0 Å². The van der Waals surface area contributed by atoms with Crippen LogP contribution in [0.5, 0.6) is 0 Å². The van der Waals surface area contributed by atoms with Crippen LogP contribution in [0.15, 0.2) is 21.2 Å². The van der Waals surface area contributed by atoms with E-state index < -0.39 is 0 Å². The Morgan fingerprint density at radius 2 is 2.23 bits per heavy atom. The lowest BCUT2D eigenvalue weighted by atomic mass is 10.2. The van der Waals surface area contributed by atoms with Crippen molar-refractivity contribution >= 4 is 15.9 Å². The maximum absolute atomic E-state index is 8.83. The second-order valence-electron chi connectivity index (χ2n) is 3.11.